The third kappa shape index (κ3) is 2.25. The van der Waals surface area contributed by atoms with Crippen LogP contribution in [0.3, 0.4) is 0 Å². The summed E-state index contributed by atoms with van der Waals surface area (Å²) in [6.07, 6.45) is 3.56. The molecular weight excluding hydrogens is 272 g/mol. The first-order valence-corrected chi connectivity index (χ1v) is 7.38. The van der Waals surface area contributed by atoms with Gasteiger partial charge in [0.15, 0.2) is 0 Å². The molecule has 20 heavy (non-hydrogen) atoms. The number of hydrogen-bond acceptors (Lipinski definition) is 6. The van der Waals surface area contributed by atoms with E-state index in [4.69, 9.17) is 10.5 Å². The van der Waals surface area contributed by atoms with Crippen LogP contribution >= 0.6 is 11.5 Å². The SMILES string of the molecule is CC1(C)COCCN1c1snc(N)c1-c1ccncc1. The maximum absolute atomic E-state index is 6.09. The Morgan fingerprint density at radius 1 is 1.35 bits per heavy atom. The molecule has 3 rings (SSSR count). The van der Waals surface area contributed by atoms with Gasteiger partial charge in [0.1, 0.15) is 10.8 Å². The molecule has 3 heterocycles. The van der Waals surface area contributed by atoms with Gasteiger partial charge in [-0.05, 0) is 43.1 Å². The number of anilines is 2. The van der Waals surface area contributed by atoms with E-state index in [0.29, 0.717) is 12.4 Å². The maximum atomic E-state index is 6.09. The van der Waals surface area contributed by atoms with E-state index >= 15 is 0 Å². The first kappa shape index (κ1) is 13.3. The first-order chi connectivity index (χ1) is 9.59. The van der Waals surface area contributed by atoms with Crippen LogP contribution in [0.25, 0.3) is 11.1 Å². The Labute approximate surface area is 122 Å². The standard InChI is InChI=1S/C14H18N4OS/c1-14(2)9-19-8-7-18(14)13-11(12(15)17-20-13)10-3-5-16-6-4-10/h3-6H,7-9H2,1-2H3,(H2,15,17). The van der Waals surface area contributed by atoms with Gasteiger partial charge in [0.2, 0.25) is 0 Å². The summed E-state index contributed by atoms with van der Waals surface area (Å²) in [7, 11) is 0. The van der Waals surface area contributed by atoms with Crippen LogP contribution in [0.2, 0.25) is 0 Å². The molecule has 2 aromatic heterocycles. The Hall–Kier alpha value is -1.66. The first-order valence-electron chi connectivity index (χ1n) is 6.60. The predicted molar refractivity (Wildman–Crippen MR) is 82.0 cm³/mol. The zero-order valence-electron chi connectivity index (χ0n) is 11.7. The van der Waals surface area contributed by atoms with Gasteiger partial charge in [0, 0.05) is 18.9 Å². The predicted octanol–water partition coefficient (Wildman–Crippen LogP) is 2.40. The number of morpholine rings is 1. The van der Waals surface area contributed by atoms with Crippen molar-refractivity contribution in [2.24, 2.45) is 0 Å². The van der Waals surface area contributed by atoms with E-state index in [1.54, 1.807) is 12.4 Å². The Balaban J connectivity index is 2.07. The molecule has 0 amide bonds. The molecule has 2 aromatic rings. The summed E-state index contributed by atoms with van der Waals surface area (Å²) in [6.45, 7) is 6.65. The largest absolute Gasteiger partial charge is 0.382 e. The number of nitrogen functional groups attached to an aromatic ring is 1. The number of nitrogens with two attached hydrogens (primary N) is 1. The molecule has 0 atom stereocenters. The molecule has 1 aliphatic heterocycles. The van der Waals surface area contributed by atoms with Gasteiger partial charge in [-0.25, -0.2) is 0 Å². The normalized spacial score (nSPS) is 18.2. The molecule has 0 unspecified atom stereocenters. The van der Waals surface area contributed by atoms with Crippen LogP contribution in [0.5, 0.6) is 0 Å². The lowest BCUT2D eigenvalue weighted by molar-refractivity contribution is 0.0649. The number of aromatic nitrogens is 2. The molecule has 5 nitrogen and oxygen atoms in total. The average molecular weight is 290 g/mol. The molecule has 6 heteroatoms. The van der Waals surface area contributed by atoms with Gasteiger partial charge < -0.3 is 15.4 Å². The second-order valence-corrected chi connectivity index (χ2v) is 6.25. The molecule has 0 spiro atoms. The molecule has 0 saturated carbocycles. The van der Waals surface area contributed by atoms with Crippen molar-refractivity contribution in [2.45, 2.75) is 19.4 Å². The highest BCUT2D eigenvalue weighted by atomic mass is 32.1. The summed E-state index contributed by atoms with van der Waals surface area (Å²) in [5.74, 6) is 0.582. The van der Waals surface area contributed by atoms with Gasteiger partial charge in [-0.2, -0.15) is 4.37 Å². The van der Waals surface area contributed by atoms with Crippen molar-refractivity contribution in [1.29, 1.82) is 0 Å². The highest BCUT2D eigenvalue weighted by Crippen LogP contribution is 2.42. The summed E-state index contributed by atoms with van der Waals surface area (Å²) in [4.78, 5) is 6.41. The zero-order chi connectivity index (χ0) is 14.2. The Kier molecular flexibility index (Phi) is 3.35. The van der Waals surface area contributed by atoms with E-state index < -0.39 is 0 Å². The second kappa shape index (κ2) is 5.03. The molecule has 2 N–H and O–H groups in total. The molecular formula is C14H18N4OS. The van der Waals surface area contributed by atoms with E-state index in [0.717, 1.165) is 29.3 Å². The van der Waals surface area contributed by atoms with Crippen molar-refractivity contribution in [2.75, 3.05) is 30.4 Å². The van der Waals surface area contributed by atoms with Gasteiger partial charge in [0.25, 0.3) is 0 Å². The van der Waals surface area contributed by atoms with Gasteiger partial charge in [-0.15, -0.1) is 0 Å². The van der Waals surface area contributed by atoms with Crippen LogP contribution in [-0.4, -0.2) is 34.7 Å². The fourth-order valence-corrected chi connectivity index (χ4v) is 3.53. The summed E-state index contributed by atoms with van der Waals surface area (Å²) in [5, 5.41) is 1.11. The molecule has 1 aliphatic rings. The van der Waals surface area contributed by atoms with E-state index in [1.165, 1.54) is 11.5 Å². The molecule has 0 bridgehead atoms. The molecule has 0 radical (unpaired) electrons. The average Bonchev–Trinajstić information content (AvgIpc) is 2.81. The van der Waals surface area contributed by atoms with Gasteiger partial charge >= 0.3 is 0 Å². The van der Waals surface area contributed by atoms with Crippen LogP contribution in [-0.2, 0) is 4.74 Å². The van der Waals surface area contributed by atoms with Gasteiger partial charge in [-0.1, -0.05) is 0 Å². The fourth-order valence-electron chi connectivity index (χ4n) is 2.50. The topological polar surface area (TPSA) is 64.3 Å². The van der Waals surface area contributed by atoms with Crippen LogP contribution in [0.4, 0.5) is 10.8 Å². The molecule has 0 aliphatic carbocycles. The minimum Gasteiger partial charge on any atom is -0.382 e. The Morgan fingerprint density at radius 2 is 2.10 bits per heavy atom. The molecule has 0 aromatic carbocycles. The van der Waals surface area contributed by atoms with Crippen molar-refractivity contribution < 1.29 is 4.74 Å². The lowest BCUT2D eigenvalue weighted by atomic mass is 10.0. The number of ether oxygens (including phenoxy) is 1. The third-order valence-corrected chi connectivity index (χ3v) is 4.45. The Morgan fingerprint density at radius 3 is 2.80 bits per heavy atom. The van der Waals surface area contributed by atoms with E-state index in [1.807, 2.05) is 12.1 Å². The summed E-state index contributed by atoms with van der Waals surface area (Å²) < 4.78 is 9.94. The van der Waals surface area contributed by atoms with Crippen molar-refractivity contribution >= 4 is 22.4 Å². The van der Waals surface area contributed by atoms with E-state index in [-0.39, 0.29) is 5.54 Å². The van der Waals surface area contributed by atoms with Crippen molar-refractivity contribution in [3.63, 3.8) is 0 Å². The van der Waals surface area contributed by atoms with Crippen molar-refractivity contribution in [3.8, 4) is 11.1 Å². The van der Waals surface area contributed by atoms with Crippen LogP contribution in [0.1, 0.15) is 13.8 Å². The lowest BCUT2D eigenvalue weighted by Crippen LogP contribution is -2.53. The van der Waals surface area contributed by atoms with E-state index in [2.05, 4.69) is 28.1 Å². The van der Waals surface area contributed by atoms with Crippen molar-refractivity contribution in [3.05, 3.63) is 24.5 Å². The van der Waals surface area contributed by atoms with Crippen LogP contribution < -0.4 is 10.6 Å². The monoisotopic (exact) mass is 290 g/mol. The maximum Gasteiger partial charge on any atom is 0.147 e. The minimum atomic E-state index is -0.0565. The zero-order valence-corrected chi connectivity index (χ0v) is 12.5. The van der Waals surface area contributed by atoms with Crippen LogP contribution in [0.15, 0.2) is 24.5 Å². The van der Waals surface area contributed by atoms with Gasteiger partial charge in [-0.3, -0.25) is 4.98 Å². The summed E-state index contributed by atoms with van der Waals surface area (Å²) in [5.41, 5.74) is 8.10. The molecule has 1 saturated heterocycles. The number of pyridine rings is 1. The molecule has 1 fully saturated rings. The summed E-state index contributed by atoms with van der Waals surface area (Å²) >= 11 is 1.45. The Bertz CT molecular complexity index is 596. The second-order valence-electron chi connectivity index (χ2n) is 5.50. The van der Waals surface area contributed by atoms with Crippen LogP contribution in [0, 0.1) is 0 Å². The number of nitrogens with zero attached hydrogens (tertiary/aromatic N) is 3. The highest BCUT2D eigenvalue weighted by Gasteiger charge is 2.34. The smallest absolute Gasteiger partial charge is 0.147 e. The highest BCUT2D eigenvalue weighted by molar-refractivity contribution is 7.11. The number of hydrogen-bond donors (Lipinski definition) is 1. The number of rotatable bonds is 2. The fraction of sp³-hybridized carbons (Fsp3) is 0.429. The van der Waals surface area contributed by atoms with Crippen molar-refractivity contribution in [1.82, 2.24) is 9.36 Å². The summed E-state index contributed by atoms with van der Waals surface area (Å²) in [6, 6.07) is 3.94. The third-order valence-electron chi connectivity index (χ3n) is 3.56. The van der Waals surface area contributed by atoms with Gasteiger partial charge in [0.05, 0.1) is 24.3 Å². The minimum absolute atomic E-state index is 0.0565. The quantitative estimate of drug-likeness (QED) is 0.920. The van der Waals surface area contributed by atoms with E-state index in [9.17, 15) is 0 Å². The molecule has 106 valence electrons. The lowest BCUT2D eigenvalue weighted by Gasteiger charge is -2.43.